The predicted octanol–water partition coefficient (Wildman–Crippen LogP) is 16.6. The molecular weight excluding hydrogens is 769 g/mol. The van der Waals surface area contributed by atoms with Crippen LogP contribution in [0.5, 0.6) is 0 Å². The van der Waals surface area contributed by atoms with Gasteiger partial charge in [0.05, 0.1) is 21.4 Å². The maximum atomic E-state index is 5.55. The van der Waals surface area contributed by atoms with Gasteiger partial charge in [-0.1, -0.05) is 164 Å². The predicted molar refractivity (Wildman–Crippen MR) is 265 cm³/mol. The Balaban J connectivity index is 0.941. The van der Waals surface area contributed by atoms with Gasteiger partial charge in [0.15, 0.2) is 5.65 Å². The number of rotatable bonds is 5. The minimum atomic E-state index is 1.00. The highest BCUT2D eigenvalue weighted by Gasteiger charge is 2.20. The number of hydrogen-bond donors (Lipinski definition) is 0. The second kappa shape index (κ2) is 13.9. The molecule has 3 aromatic heterocycles. The van der Waals surface area contributed by atoms with E-state index in [1.807, 2.05) is 11.3 Å². The van der Waals surface area contributed by atoms with Gasteiger partial charge in [-0.25, -0.2) is 4.98 Å². The molecular formula is C59H36N2S. The van der Waals surface area contributed by atoms with Gasteiger partial charge in [-0.05, 0) is 132 Å². The monoisotopic (exact) mass is 804 g/mol. The van der Waals surface area contributed by atoms with Crippen LogP contribution >= 0.6 is 11.3 Å². The van der Waals surface area contributed by atoms with Crippen molar-refractivity contribution >= 4 is 80.5 Å². The summed E-state index contributed by atoms with van der Waals surface area (Å²) in [6, 6.07) is 79.9. The molecule has 0 bridgehead atoms. The fourth-order valence-electron chi connectivity index (χ4n) is 9.55. The molecule has 0 saturated heterocycles. The van der Waals surface area contributed by atoms with Gasteiger partial charge in [-0.3, -0.25) is 4.40 Å². The van der Waals surface area contributed by atoms with Crippen LogP contribution in [-0.4, -0.2) is 9.38 Å². The average molecular weight is 805 g/mol. The Morgan fingerprint density at radius 2 is 0.790 bits per heavy atom. The number of benzene rings is 10. The summed E-state index contributed by atoms with van der Waals surface area (Å²) in [5, 5.41) is 9.89. The number of fused-ring (bicyclic) bond motifs is 11. The summed E-state index contributed by atoms with van der Waals surface area (Å²) in [6.45, 7) is 0. The maximum absolute atomic E-state index is 5.55. The summed E-state index contributed by atoms with van der Waals surface area (Å²) in [5.41, 5.74) is 15.1. The van der Waals surface area contributed by atoms with E-state index in [0.29, 0.717) is 0 Å². The molecule has 0 radical (unpaired) electrons. The van der Waals surface area contributed by atoms with Crippen molar-refractivity contribution in [1.29, 1.82) is 0 Å². The molecule has 0 aliphatic carbocycles. The molecule has 10 aromatic carbocycles. The molecule has 13 rings (SSSR count). The molecule has 0 atom stereocenters. The standard InChI is InChI=1S/C59H36N2S/c1-3-11-37(12-4-1)48-30-49(38-13-5-2-6-14-38)32-50(31-48)41-21-19-39(20-22-41)40-23-25-42(26-24-40)55-36-53-52-34-45-17-9-10-18-46(45)35-56(52)62-58(53)59-60-57-51-33-44-16-8-7-15-43(44)29-47(51)27-28-54(57)61(55)59/h1-36H. The van der Waals surface area contributed by atoms with Crippen molar-refractivity contribution in [3.8, 4) is 55.8 Å². The van der Waals surface area contributed by atoms with Gasteiger partial charge in [0.25, 0.3) is 0 Å². The Labute approximate surface area is 362 Å². The van der Waals surface area contributed by atoms with Crippen molar-refractivity contribution in [1.82, 2.24) is 9.38 Å². The van der Waals surface area contributed by atoms with Crippen molar-refractivity contribution in [2.24, 2.45) is 0 Å². The largest absolute Gasteiger partial charge is 0.291 e. The van der Waals surface area contributed by atoms with Crippen LogP contribution in [0.15, 0.2) is 218 Å². The summed E-state index contributed by atoms with van der Waals surface area (Å²) in [4.78, 5) is 5.55. The molecule has 0 fully saturated rings. The van der Waals surface area contributed by atoms with Crippen molar-refractivity contribution in [3.63, 3.8) is 0 Å². The normalized spacial score (nSPS) is 11.9. The van der Waals surface area contributed by atoms with Gasteiger partial charge < -0.3 is 0 Å². The highest BCUT2D eigenvalue weighted by Crippen LogP contribution is 2.43. The van der Waals surface area contributed by atoms with Crippen LogP contribution in [0.4, 0.5) is 0 Å². The van der Waals surface area contributed by atoms with E-state index >= 15 is 0 Å². The molecule has 0 aliphatic heterocycles. The third-order valence-corrected chi connectivity index (χ3v) is 13.9. The second-order valence-electron chi connectivity index (χ2n) is 16.4. The molecule has 13 aromatic rings. The van der Waals surface area contributed by atoms with Crippen LogP contribution < -0.4 is 0 Å². The SMILES string of the molecule is c1ccc(-c2cc(-c3ccccc3)cc(-c3ccc(-c4ccc(-c5cc6c7cc8ccccc8cc7sc6c6nc7c8cc9ccccc9cc8ccc7n56)cc4)cc3)c2)cc1. The topological polar surface area (TPSA) is 17.3 Å². The summed E-state index contributed by atoms with van der Waals surface area (Å²) in [6.07, 6.45) is 0. The lowest BCUT2D eigenvalue weighted by molar-refractivity contribution is 1.25. The summed E-state index contributed by atoms with van der Waals surface area (Å²) in [5.74, 6) is 0. The molecule has 288 valence electrons. The van der Waals surface area contributed by atoms with Crippen LogP contribution in [-0.2, 0) is 0 Å². The first-order chi connectivity index (χ1) is 30.7. The summed E-state index contributed by atoms with van der Waals surface area (Å²) in [7, 11) is 0. The Hall–Kier alpha value is -7.85. The first kappa shape index (κ1) is 35.0. The van der Waals surface area contributed by atoms with Gasteiger partial charge in [0.2, 0.25) is 0 Å². The molecule has 3 heteroatoms. The molecule has 0 unspecified atom stereocenters. The molecule has 0 N–H and O–H groups in total. The Morgan fingerprint density at radius 3 is 1.37 bits per heavy atom. The van der Waals surface area contributed by atoms with Gasteiger partial charge in [-0.15, -0.1) is 11.3 Å². The third kappa shape index (κ3) is 5.67. The van der Waals surface area contributed by atoms with Crippen molar-refractivity contribution in [3.05, 3.63) is 218 Å². The lowest BCUT2D eigenvalue weighted by atomic mass is 9.92. The zero-order chi connectivity index (χ0) is 40.7. The van der Waals surface area contributed by atoms with Gasteiger partial charge in [0, 0.05) is 20.9 Å². The van der Waals surface area contributed by atoms with E-state index in [4.69, 9.17) is 4.98 Å². The summed E-state index contributed by atoms with van der Waals surface area (Å²) >= 11 is 1.85. The number of nitrogens with zero attached hydrogens (tertiary/aromatic N) is 2. The Morgan fingerprint density at radius 1 is 0.323 bits per heavy atom. The maximum Gasteiger partial charge on any atom is 0.156 e. The fourth-order valence-corrected chi connectivity index (χ4v) is 10.7. The van der Waals surface area contributed by atoms with Crippen LogP contribution in [0.25, 0.3) is 125 Å². The molecule has 0 saturated carbocycles. The fraction of sp³-hybridized carbons (Fsp3) is 0. The van der Waals surface area contributed by atoms with Gasteiger partial charge in [-0.2, -0.15) is 0 Å². The number of hydrogen-bond acceptors (Lipinski definition) is 2. The van der Waals surface area contributed by atoms with Gasteiger partial charge >= 0.3 is 0 Å². The second-order valence-corrected chi connectivity index (χ2v) is 17.4. The molecule has 3 heterocycles. The lowest BCUT2D eigenvalue weighted by Crippen LogP contribution is -1.93. The smallest absolute Gasteiger partial charge is 0.156 e. The van der Waals surface area contributed by atoms with E-state index in [-0.39, 0.29) is 0 Å². The van der Waals surface area contributed by atoms with Crippen LogP contribution in [0.3, 0.4) is 0 Å². The van der Waals surface area contributed by atoms with E-state index in [0.717, 1.165) is 27.9 Å². The minimum Gasteiger partial charge on any atom is -0.291 e. The van der Waals surface area contributed by atoms with E-state index < -0.39 is 0 Å². The molecule has 0 aliphatic rings. The van der Waals surface area contributed by atoms with E-state index in [2.05, 4.69) is 223 Å². The molecule has 62 heavy (non-hydrogen) atoms. The zero-order valence-corrected chi connectivity index (χ0v) is 34.4. The Bertz CT molecular complexity index is 3820. The van der Waals surface area contributed by atoms with E-state index in [1.165, 1.54) is 97.0 Å². The highest BCUT2D eigenvalue weighted by molar-refractivity contribution is 7.26. The van der Waals surface area contributed by atoms with Crippen molar-refractivity contribution in [2.75, 3.05) is 0 Å². The molecule has 0 amide bonds. The van der Waals surface area contributed by atoms with Crippen LogP contribution in [0.2, 0.25) is 0 Å². The first-order valence-corrected chi connectivity index (χ1v) is 22.0. The molecule has 2 nitrogen and oxygen atoms in total. The highest BCUT2D eigenvalue weighted by atomic mass is 32.1. The van der Waals surface area contributed by atoms with E-state index in [9.17, 15) is 0 Å². The average Bonchev–Trinajstić information content (AvgIpc) is 3.92. The van der Waals surface area contributed by atoms with Crippen LogP contribution in [0.1, 0.15) is 0 Å². The van der Waals surface area contributed by atoms with Crippen molar-refractivity contribution in [2.45, 2.75) is 0 Å². The zero-order valence-electron chi connectivity index (χ0n) is 33.6. The molecule has 0 spiro atoms. The number of imidazole rings is 1. The Kier molecular flexibility index (Phi) is 7.81. The van der Waals surface area contributed by atoms with Gasteiger partial charge in [0.1, 0.15) is 0 Å². The first-order valence-electron chi connectivity index (χ1n) is 21.2. The number of pyridine rings is 1. The quantitative estimate of drug-likeness (QED) is 0.158. The lowest BCUT2D eigenvalue weighted by Gasteiger charge is -2.12. The minimum absolute atomic E-state index is 1.00. The summed E-state index contributed by atoms with van der Waals surface area (Å²) < 4.78 is 4.90. The third-order valence-electron chi connectivity index (χ3n) is 12.7. The van der Waals surface area contributed by atoms with E-state index in [1.54, 1.807) is 0 Å². The van der Waals surface area contributed by atoms with Crippen molar-refractivity contribution < 1.29 is 0 Å². The number of aromatic nitrogens is 2. The van der Waals surface area contributed by atoms with Crippen LogP contribution in [0, 0.1) is 0 Å². The number of thiophene rings is 1.